The van der Waals surface area contributed by atoms with E-state index in [1.54, 1.807) is 30.5 Å². The van der Waals surface area contributed by atoms with E-state index < -0.39 is 0 Å². The Morgan fingerprint density at radius 2 is 1.71 bits per heavy atom. The second-order valence-electron chi connectivity index (χ2n) is 4.60. The second kappa shape index (κ2) is 5.90. The first-order valence-electron chi connectivity index (χ1n) is 6.56. The van der Waals surface area contributed by atoms with Gasteiger partial charge >= 0.3 is 0 Å². The molecule has 0 saturated heterocycles. The fraction of sp³-hybridized carbons (Fsp3) is 0. The molecule has 0 amide bonds. The van der Waals surface area contributed by atoms with E-state index in [2.05, 4.69) is 4.98 Å². The van der Waals surface area contributed by atoms with Crippen molar-refractivity contribution in [1.82, 2.24) is 4.98 Å². The number of carbonyl (C=O) groups is 1. The molecule has 102 valence electrons. The Hall–Kier alpha value is -2.45. The minimum Gasteiger partial charge on any atom is -0.289 e. The lowest BCUT2D eigenvalue weighted by atomic mass is 9.96. The quantitative estimate of drug-likeness (QED) is 0.659. The summed E-state index contributed by atoms with van der Waals surface area (Å²) in [6.45, 7) is 0. The minimum atomic E-state index is -0.0567. The van der Waals surface area contributed by atoms with Gasteiger partial charge in [-0.15, -0.1) is 0 Å². The van der Waals surface area contributed by atoms with Gasteiger partial charge in [0.2, 0.25) is 0 Å². The number of halogens is 1. The van der Waals surface area contributed by atoms with Crippen molar-refractivity contribution in [2.45, 2.75) is 0 Å². The van der Waals surface area contributed by atoms with Gasteiger partial charge in [-0.2, -0.15) is 0 Å². The summed E-state index contributed by atoms with van der Waals surface area (Å²) in [6, 6.07) is 20.1. The van der Waals surface area contributed by atoms with Crippen LogP contribution in [0.25, 0.3) is 11.3 Å². The third kappa shape index (κ3) is 2.86. The van der Waals surface area contributed by atoms with Crippen LogP contribution in [-0.4, -0.2) is 10.8 Å². The van der Waals surface area contributed by atoms with Crippen LogP contribution in [0.5, 0.6) is 0 Å². The largest absolute Gasteiger partial charge is 0.289 e. The molecule has 0 atom stereocenters. The monoisotopic (exact) mass is 293 g/mol. The summed E-state index contributed by atoms with van der Waals surface area (Å²) in [7, 11) is 0. The van der Waals surface area contributed by atoms with Crippen LogP contribution in [0, 0.1) is 0 Å². The van der Waals surface area contributed by atoms with Crippen molar-refractivity contribution >= 4 is 17.4 Å². The number of benzene rings is 2. The first kappa shape index (κ1) is 13.5. The highest BCUT2D eigenvalue weighted by atomic mass is 35.5. The fourth-order valence-electron chi connectivity index (χ4n) is 2.21. The van der Waals surface area contributed by atoms with Crippen molar-refractivity contribution in [3.05, 3.63) is 89.1 Å². The first-order valence-corrected chi connectivity index (χ1v) is 6.94. The lowest BCUT2D eigenvalue weighted by molar-refractivity contribution is 0.103. The molecule has 3 heteroatoms. The first-order chi connectivity index (χ1) is 10.3. The summed E-state index contributed by atoms with van der Waals surface area (Å²) >= 11 is 5.97. The smallest absolute Gasteiger partial charge is 0.193 e. The molecule has 2 nitrogen and oxygen atoms in total. The number of hydrogen-bond donors (Lipinski definition) is 0. The lowest BCUT2D eigenvalue weighted by Crippen LogP contribution is -2.03. The molecule has 0 spiro atoms. The van der Waals surface area contributed by atoms with Gasteiger partial charge in [0.25, 0.3) is 0 Å². The number of pyridine rings is 1. The Labute approximate surface area is 128 Å². The molecule has 0 unspecified atom stereocenters. The summed E-state index contributed by atoms with van der Waals surface area (Å²) in [6.07, 6.45) is 1.72. The van der Waals surface area contributed by atoms with Crippen molar-refractivity contribution in [3.63, 3.8) is 0 Å². The fourth-order valence-corrected chi connectivity index (χ4v) is 2.40. The Morgan fingerprint density at radius 3 is 2.48 bits per heavy atom. The number of hydrogen-bond acceptors (Lipinski definition) is 2. The Bertz CT molecular complexity index is 784. The molecule has 1 aromatic heterocycles. The molecule has 3 aromatic rings. The molecule has 0 aliphatic carbocycles. The lowest BCUT2D eigenvalue weighted by Gasteiger charge is -2.08. The van der Waals surface area contributed by atoms with Crippen molar-refractivity contribution in [2.75, 3.05) is 0 Å². The summed E-state index contributed by atoms with van der Waals surface area (Å²) in [5, 5.41) is 0.552. The summed E-state index contributed by atoms with van der Waals surface area (Å²) < 4.78 is 0. The van der Waals surface area contributed by atoms with Crippen LogP contribution in [0.1, 0.15) is 15.9 Å². The van der Waals surface area contributed by atoms with Crippen molar-refractivity contribution < 1.29 is 4.79 Å². The van der Waals surface area contributed by atoms with E-state index in [9.17, 15) is 4.79 Å². The van der Waals surface area contributed by atoms with E-state index in [0.717, 1.165) is 11.3 Å². The topological polar surface area (TPSA) is 30.0 Å². The van der Waals surface area contributed by atoms with Crippen molar-refractivity contribution in [3.8, 4) is 11.3 Å². The van der Waals surface area contributed by atoms with Gasteiger partial charge in [0.15, 0.2) is 5.78 Å². The number of carbonyl (C=O) groups excluding carboxylic acids is 1. The van der Waals surface area contributed by atoms with Gasteiger partial charge in [-0.25, -0.2) is 0 Å². The number of nitrogens with zero attached hydrogens (tertiary/aromatic N) is 1. The second-order valence-corrected chi connectivity index (χ2v) is 5.04. The summed E-state index contributed by atoms with van der Waals surface area (Å²) in [4.78, 5) is 17.0. The van der Waals surface area contributed by atoms with Gasteiger partial charge < -0.3 is 0 Å². The van der Waals surface area contributed by atoms with Crippen LogP contribution in [0.2, 0.25) is 5.02 Å². The van der Waals surface area contributed by atoms with Crippen LogP contribution in [-0.2, 0) is 0 Å². The summed E-state index contributed by atoms with van der Waals surface area (Å²) in [5.41, 5.74) is 2.80. The zero-order chi connectivity index (χ0) is 14.7. The number of aromatic nitrogens is 1. The third-order valence-corrected chi connectivity index (χ3v) is 3.43. The minimum absolute atomic E-state index is 0.0567. The Morgan fingerprint density at radius 1 is 0.905 bits per heavy atom. The average Bonchev–Trinajstić information content (AvgIpc) is 2.55. The van der Waals surface area contributed by atoms with Gasteiger partial charge in [0, 0.05) is 27.9 Å². The molecule has 0 aliphatic rings. The van der Waals surface area contributed by atoms with Crippen LogP contribution >= 0.6 is 11.6 Å². The predicted octanol–water partition coefficient (Wildman–Crippen LogP) is 4.63. The maximum absolute atomic E-state index is 12.7. The van der Waals surface area contributed by atoms with Crippen LogP contribution in [0.15, 0.2) is 72.9 Å². The van der Waals surface area contributed by atoms with E-state index >= 15 is 0 Å². The highest BCUT2D eigenvalue weighted by Crippen LogP contribution is 2.24. The molecule has 0 radical (unpaired) electrons. The van der Waals surface area contributed by atoms with Crippen molar-refractivity contribution in [2.24, 2.45) is 0 Å². The SMILES string of the molecule is O=C(c1cccc(Cl)c1)c1ccccc1-c1ccccn1. The molecule has 2 aromatic carbocycles. The molecular weight excluding hydrogens is 282 g/mol. The zero-order valence-electron chi connectivity index (χ0n) is 11.2. The molecule has 0 bridgehead atoms. The molecule has 0 fully saturated rings. The van der Waals surface area contributed by atoms with Gasteiger partial charge in [0.05, 0.1) is 5.69 Å². The maximum atomic E-state index is 12.7. The van der Waals surface area contributed by atoms with E-state index in [0.29, 0.717) is 16.1 Å². The number of ketones is 1. The predicted molar refractivity (Wildman–Crippen MR) is 84.6 cm³/mol. The van der Waals surface area contributed by atoms with Gasteiger partial charge in [-0.3, -0.25) is 9.78 Å². The Kier molecular flexibility index (Phi) is 3.80. The maximum Gasteiger partial charge on any atom is 0.193 e. The molecule has 0 N–H and O–H groups in total. The summed E-state index contributed by atoms with van der Waals surface area (Å²) in [5.74, 6) is -0.0567. The third-order valence-electron chi connectivity index (χ3n) is 3.20. The number of rotatable bonds is 3. The Balaban J connectivity index is 2.09. The molecule has 3 rings (SSSR count). The van der Waals surface area contributed by atoms with Crippen molar-refractivity contribution in [1.29, 1.82) is 0 Å². The zero-order valence-corrected chi connectivity index (χ0v) is 11.9. The van der Waals surface area contributed by atoms with Gasteiger partial charge in [0.1, 0.15) is 0 Å². The van der Waals surface area contributed by atoms with Crippen LogP contribution in [0.3, 0.4) is 0 Å². The van der Waals surface area contributed by atoms with Crippen LogP contribution in [0.4, 0.5) is 0 Å². The molecule has 0 aliphatic heterocycles. The van der Waals surface area contributed by atoms with Gasteiger partial charge in [-0.1, -0.05) is 54.1 Å². The van der Waals surface area contributed by atoms with E-state index in [1.165, 1.54) is 0 Å². The van der Waals surface area contributed by atoms with E-state index in [4.69, 9.17) is 11.6 Å². The van der Waals surface area contributed by atoms with E-state index in [1.807, 2.05) is 42.5 Å². The molecule has 0 saturated carbocycles. The highest BCUT2D eigenvalue weighted by Gasteiger charge is 2.15. The normalized spacial score (nSPS) is 10.3. The molecule has 1 heterocycles. The van der Waals surface area contributed by atoms with Gasteiger partial charge in [-0.05, 0) is 24.3 Å². The average molecular weight is 294 g/mol. The van der Waals surface area contributed by atoms with E-state index in [-0.39, 0.29) is 5.78 Å². The molecule has 21 heavy (non-hydrogen) atoms. The van der Waals surface area contributed by atoms with Crippen LogP contribution < -0.4 is 0 Å². The highest BCUT2D eigenvalue weighted by molar-refractivity contribution is 6.31. The molecular formula is C18H12ClNO. The standard InChI is InChI=1S/C18H12ClNO/c19-14-7-5-6-13(12-14)18(21)16-9-2-1-8-15(16)17-10-3-4-11-20-17/h1-12H.